The molecule has 0 unspecified atom stereocenters. The number of benzene rings is 2. The summed E-state index contributed by atoms with van der Waals surface area (Å²) in [7, 11) is 1.56. The fourth-order valence-corrected chi connectivity index (χ4v) is 2.54. The second-order valence-electron chi connectivity index (χ2n) is 4.74. The van der Waals surface area contributed by atoms with Gasteiger partial charge in [0.2, 0.25) is 5.91 Å². The quantitative estimate of drug-likeness (QED) is 0.761. The maximum absolute atomic E-state index is 12.1. The zero-order valence-corrected chi connectivity index (χ0v) is 14.0. The number of carbonyl (C=O) groups excluding carboxylic acids is 2. The van der Waals surface area contributed by atoms with Crippen LogP contribution in [0.1, 0.15) is 10.4 Å². The van der Waals surface area contributed by atoms with Crippen LogP contribution in [0.2, 0.25) is 0 Å². The van der Waals surface area contributed by atoms with Crippen molar-refractivity contribution in [2.24, 2.45) is 0 Å². The van der Waals surface area contributed by atoms with E-state index in [4.69, 9.17) is 4.74 Å². The van der Waals surface area contributed by atoms with Gasteiger partial charge in [-0.1, -0.05) is 0 Å². The van der Waals surface area contributed by atoms with E-state index in [1.54, 1.807) is 31.4 Å². The van der Waals surface area contributed by atoms with E-state index in [2.05, 4.69) is 10.1 Å². The maximum Gasteiger partial charge on any atom is 0.387 e. The minimum atomic E-state index is -2.93. The number of ether oxygens (including phenoxy) is 2. The van der Waals surface area contributed by atoms with E-state index in [0.29, 0.717) is 5.75 Å². The van der Waals surface area contributed by atoms with Crippen LogP contribution in [-0.4, -0.2) is 31.3 Å². The van der Waals surface area contributed by atoms with Gasteiger partial charge in [0.1, 0.15) is 11.5 Å². The molecule has 0 aliphatic carbocycles. The van der Waals surface area contributed by atoms with Crippen LogP contribution in [0.3, 0.4) is 0 Å². The predicted octanol–water partition coefficient (Wildman–Crippen LogP) is 3.35. The van der Waals surface area contributed by atoms with Crippen LogP contribution in [-0.2, 0) is 4.79 Å². The predicted molar refractivity (Wildman–Crippen MR) is 89.3 cm³/mol. The molecule has 0 heterocycles. The Hall–Kier alpha value is -2.61. The van der Waals surface area contributed by atoms with Gasteiger partial charge in [0.15, 0.2) is 0 Å². The van der Waals surface area contributed by atoms with Gasteiger partial charge in [0, 0.05) is 10.5 Å². The molecule has 0 bridgehead atoms. The number of rotatable bonds is 7. The lowest BCUT2D eigenvalue weighted by atomic mass is 10.2. The first-order valence-corrected chi connectivity index (χ1v) is 8.12. The van der Waals surface area contributed by atoms with E-state index in [0.717, 1.165) is 4.90 Å². The maximum atomic E-state index is 12.1. The highest BCUT2D eigenvalue weighted by molar-refractivity contribution is 8.00. The van der Waals surface area contributed by atoms with Crippen molar-refractivity contribution in [3.8, 4) is 11.5 Å². The topological polar surface area (TPSA) is 64.6 Å². The highest BCUT2D eigenvalue weighted by atomic mass is 32.2. The number of nitrogens with one attached hydrogen (secondary N) is 1. The summed E-state index contributed by atoms with van der Waals surface area (Å²) in [6.45, 7) is -2.93. The molecule has 2 aromatic carbocycles. The van der Waals surface area contributed by atoms with Crippen molar-refractivity contribution in [3.63, 3.8) is 0 Å². The Labute approximate surface area is 147 Å². The molecule has 0 aromatic heterocycles. The van der Waals surface area contributed by atoms with Crippen LogP contribution in [0.4, 0.5) is 8.78 Å². The average molecular weight is 367 g/mol. The summed E-state index contributed by atoms with van der Waals surface area (Å²) in [6, 6.07) is 12.2. The first-order valence-electron chi connectivity index (χ1n) is 7.14. The lowest BCUT2D eigenvalue weighted by Gasteiger charge is -2.07. The number of imide groups is 1. The lowest BCUT2D eigenvalue weighted by molar-refractivity contribution is -0.117. The summed E-state index contributed by atoms with van der Waals surface area (Å²) >= 11 is 1.27. The van der Waals surface area contributed by atoms with Crippen LogP contribution in [0.5, 0.6) is 11.5 Å². The van der Waals surface area contributed by atoms with E-state index >= 15 is 0 Å². The summed E-state index contributed by atoms with van der Waals surface area (Å²) < 4.78 is 33.4. The van der Waals surface area contributed by atoms with Crippen LogP contribution >= 0.6 is 11.8 Å². The van der Waals surface area contributed by atoms with E-state index in [-0.39, 0.29) is 17.1 Å². The number of thioether (sulfide) groups is 1. The van der Waals surface area contributed by atoms with Crippen molar-refractivity contribution in [2.45, 2.75) is 11.5 Å². The van der Waals surface area contributed by atoms with Crippen LogP contribution in [0.15, 0.2) is 53.4 Å². The first-order chi connectivity index (χ1) is 12.0. The summed E-state index contributed by atoms with van der Waals surface area (Å²) in [6.07, 6.45) is 0. The van der Waals surface area contributed by atoms with Gasteiger partial charge in [-0.15, -0.1) is 11.8 Å². The van der Waals surface area contributed by atoms with Crippen LogP contribution in [0.25, 0.3) is 0 Å². The van der Waals surface area contributed by atoms with Crippen molar-refractivity contribution in [3.05, 3.63) is 54.1 Å². The molecule has 0 radical (unpaired) electrons. The fraction of sp³-hybridized carbons (Fsp3) is 0.176. The molecule has 0 aliphatic rings. The Bertz CT molecular complexity index is 720. The highest BCUT2D eigenvalue weighted by Crippen LogP contribution is 2.21. The molecule has 0 saturated carbocycles. The molecule has 132 valence electrons. The number of methoxy groups -OCH3 is 1. The molecule has 25 heavy (non-hydrogen) atoms. The molecule has 2 rings (SSSR count). The monoisotopic (exact) mass is 367 g/mol. The van der Waals surface area contributed by atoms with Gasteiger partial charge in [-0.3, -0.25) is 14.9 Å². The molecule has 0 atom stereocenters. The zero-order chi connectivity index (χ0) is 18.2. The van der Waals surface area contributed by atoms with E-state index in [1.807, 2.05) is 0 Å². The normalized spacial score (nSPS) is 10.4. The zero-order valence-electron chi connectivity index (χ0n) is 13.2. The Balaban J connectivity index is 1.83. The summed E-state index contributed by atoms with van der Waals surface area (Å²) in [5.74, 6) is -0.358. The molecule has 0 fully saturated rings. The number of alkyl halides is 2. The van der Waals surface area contributed by atoms with Gasteiger partial charge in [-0.25, -0.2) is 0 Å². The molecule has 2 aromatic rings. The van der Waals surface area contributed by atoms with E-state index < -0.39 is 18.4 Å². The molecular formula is C17H15F2NO4S. The van der Waals surface area contributed by atoms with Crippen molar-refractivity contribution in [1.82, 2.24) is 5.32 Å². The standard InChI is InChI=1S/C17H15F2NO4S/c1-23-12-6-8-14(9-7-12)25-10-15(21)20-16(22)11-2-4-13(5-3-11)24-17(18)19/h2-9,17H,10H2,1H3,(H,20,21,22). The minimum absolute atomic E-state index is 0.0602. The largest absolute Gasteiger partial charge is 0.497 e. The SMILES string of the molecule is COc1ccc(SCC(=O)NC(=O)c2ccc(OC(F)F)cc2)cc1. The number of hydrogen-bond donors (Lipinski definition) is 1. The highest BCUT2D eigenvalue weighted by Gasteiger charge is 2.12. The molecule has 0 aliphatic heterocycles. The molecule has 2 amide bonds. The van der Waals surface area contributed by atoms with Crippen LogP contribution < -0.4 is 14.8 Å². The molecule has 8 heteroatoms. The number of amides is 2. The summed E-state index contributed by atoms with van der Waals surface area (Å²) in [5.41, 5.74) is 0.171. The van der Waals surface area contributed by atoms with E-state index in [1.165, 1.54) is 36.0 Å². The second kappa shape index (κ2) is 9.03. The minimum Gasteiger partial charge on any atom is -0.497 e. The fourth-order valence-electron chi connectivity index (χ4n) is 1.84. The van der Waals surface area contributed by atoms with Crippen molar-refractivity contribution in [1.29, 1.82) is 0 Å². The number of carbonyl (C=O) groups is 2. The van der Waals surface area contributed by atoms with Gasteiger partial charge < -0.3 is 9.47 Å². The summed E-state index contributed by atoms with van der Waals surface area (Å²) in [5, 5.41) is 2.24. The Morgan fingerprint density at radius 1 is 1.04 bits per heavy atom. The molecule has 0 spiro atoms. The Kier molecular flexibility index (Phi) is 6.76. The van der Waals surface area contributed by atoms with Gasteiger partial charge >= 0.3 is 6.61 Å². The number of hydrogen-bond acceptors (Lipinski definition) is 5. The molecule has 0 saturated heterocycles. The third-order valence-electron chi connectivity index (χ3n) is 3.02. The molecular weight excluding hydrogens is 352 g/mol. The van der Waals surface area contributed by atoms with Crippen molar-refractivity contribution in [2.75, 3.05) is 12.9 Å². The van der Waals surface area contributed by atoms with E-state index in [9.17, 15) is 18.4 Å². The van der Waals surface area contributed by atoms with Crippen LogP contribution in [0, 0.1) is 0 Å². The molecule has 5 nitrogen and oxygen atoms in total. The third-order valence-corrected chi connectivity index (χ3v) is 4.04. The smallest absolute Gasteiger partial charge is 0.387 e. The second-order valence-corrected chi connectivity index (χ2v) is 5.79. The van der Waals surface area contributed by atoms with Crippen molar-refractivity contribution >= 4 is 23.6 Å². The first kappa shape index (κ1) is 18.7. The summed E-state index contributed by atoms with van der Waals surface area (Å²) in [4.78, 5) is 24.6. The van der Waals surface area contributed by atoms with Gasteiger partial charge in [-0.2, -0.15) is 8.78 Å². The Morgan fingerprint density at radius 2 is 1.64 bits per heavy atom. The van der Waals surface area contributed by atoms with Gasteiger partial charge in [-0.05, 0) is 48.5 Å². The average Bonchev–Trinajstić information content (AvgIpc) is 2.60. The number of halogens is 2. The lowest BCUT2D eigenvalue weighted by Crippen LogP contribution is -2.31. The van der Waals surface area contributed by atoms with Gasteiger partial charge in [0.05, 0.1) is 12.9 Å². The van der Waals surface area contributed by atoms with Gasteiger partial charge in [0.25, 0.3) is 5.91 Å². The Morgan fingerprint density at radius 3 is 2.20 bits per heavy atom. The molecule has 1 N–H and O–H groups in total. The third kappa shape index (κ3) is 6.07. The van der Waals surface area contributed by atoms with Crippen molar-refractivity contribution < 1.29 is 27.8 Å².